The van der Waals surface area contributed by atoms with E-state index in [2.05, 4.69) is 22.9 Å². The van der Waals surface area contributed by atoms with Gasteiger partial charge in [-0.25, -0.2) is 0 Å². The third kappa shape index (κ3) is 1.98. The largest absolute Gasteiger partial charge is 0.326 e. The molecule has 1 aliphatic carbocycles. The maximum atomic E-state index is 5.57. The van der Waals surface area contributed by atoms with Gasteiger partial charge in [0.2, 0.25) is 0 Å². The SMILES string of the molecule is CC1CCCC(n2cc(CN)cn2)C1. The molecule has 1 saturated carbocycles. The smallest absolute Gasteiger partial charge is 0.0534 e. The van der Waals surface area contributed by atoms with Crippen molar-refractivity contribution in [2.45, 2.75) is 45.2 Å². The van der Waals surface area contributed by atoms with E-state index in [1.165, 1.54) is 25.7 Å². The summed E-state index contributed by atoms with van der Waals surface area (Å²) in [5, 5.41) is 4.38. The van der Waals surface area contributed by atoms with Crippen molar-refractivity contribution in [3.8, 4) is 0 Å². The number of aromatic nitrogens is 2. The molecule has 0 aliphatic heterocycles. The van der Waals surface area contributed by atoms with Crippen molar-refractivity contribution in [3.05, 3.63) is 18.0 Å². The first-order valence-corrected chi connectivity index (χ1v) is 5.52. The molecule has 1 heterocycles. The van der Waals surface area contributed by atoms with E-state index in [9.17, 15) is 0 Å². The molecule has 2 unspecified atom stereocenters. The minimum Gasteiger partial charge on any atom is -0.326 e. The van der Waals surface area contributed by atoms with Crippen LogP contribution >= 0.6 is 0 Å². The van der Waals surface area contributed by atoms with Gasteiger partial charge in [-0.05, 0) is 18.8 Å². The molecule has 0 radical (unpaired) electrons. The van der Waals surface area contributed by atoms with Crippen LogP contribution in [0.2, 0.25) is 0 Å². The summed E-state index contributed by atoms with van der Waals surface area (Å²) in [6.45, 7) is 2.93. The fourth-order valence-corrected chi connectivity index (χ4v) is 2.32. The summed E-state index contributed by atoms with van der Waals surface area (Å²) in [5.41, 5.74) is 6.71. The molecule has 0 spiro atoms. The summed E-state index contributed by atoms with van der Waals surface area (Å²) in [4.78, 5) is 0. The number of hydrogen-bond donors (Lipinski definition) is 1. The van der Waals surface area contributed by atoms with Gasteiger partial charge in [-0.1, -0.05) is 19.8 Å². The van der Waals surface area contributed by atoms with Gasteiger partial charge in [-0.15, -0.1) is 0 Å². The highest BCUT2D eigenvalue weighted by molar-refractivity contribution is 5.03. The molecular formula is C11H19N3. The van der Waals surface area contributed by atoms with Crippen LogP contribution in [0.15, 0.2) is 12.4 Å². The zero-order valence-corrected chi connectivity index (χ0v) is 8.82. The van der Waals surface area contributed by atoms with Gasteiger partial charge in [0.25, 0.3) is 0 Å². The highest BCUT2D eigenvalue weighted by Gasteiger charge is 2.20. The second-order valence-corrected chi connectivity index (χ2v) is 4.46. The standard InChI is InChI=1S/C11H19N3/c1-9-3-2-4-11(5-9)14-8-10(6-12)7-13-14/h7-9,11H,2-6,12H2,1H3. The molecule has 2 atom stereocenters. The first kappa shape index (κ1) is 9.71. The Labute approximate surface area is 85.3 Å². The van der Waals surface area contributed by atoms with Crippen molar-refractivity contribution in [3.63, 3.8) is 0 Å². The molecule has 14 heavy (non-hydrogen) atoms. The first-order valence-electron chi connectivity index (χ1n) is 5.52. The summed E-state index contributed by atoms with van der Waals surface area (Å²) in [5.74, 6) is 0.847. The van der Waals surface area contributed by atoms with Crippen molar-refractivity contribution >= 4 is 0 Å². The number of hydrogen-bond acceptors (Lipinski definition) is 2. The Morgan fingerprint density at radius 2 is 2.43 bits per heavy atom. The molecule has 1 fully saturated rings. The molecule has 78 valence electrons. The molecule has 1 aromatic heterocycles. The fraction of sp³-hybridized carbons (Fsp3) is 0.727. The molecule has 0 bridgehead atoms. The summed E-state index contributed by atoms with van der Waals surface area (Å²) in [7, 11) is 0. The van der Waals surface area contributed by atoms with Crippen LogP contribution in [0.5, 0.6) is 0 Å². The average Bonchev–Trinajstić information content (AvgIpc) is 2.66. The average molecular weight is 193 g/mol. The Kier molecular flexibility index (Phi) is 2.87. The van der Waals surface area contributed by atoms with Gasteiger partial charge < -0.3 is 5.73 Å². The lowest BCUT2D eigenvalue weighted by Gasteiger charge is -2.26. The van der Waals surface area contributed by atoms with Crippen molar-refractivity contribution in [1.29, 1.82) is 0 Å². The van der Waals surface area contributed by atoms with Crippen LogP contribution in [0, 0.1) is 5.92 Å². The van der Waals surface area contributed by atoms with E-state index >= 15 is 0 Å². The van der Waals surface area contributed by atoms with Crippen LogP contribution < -0.4 is 5.73 Å². The predicted octanol–water partition coefficient (Wildman–Crippen LogP) is 2.09. The van der Waals surface area contributed by atoms with Crippen LogP contribution in [-0.4, -0.2) is 9.78 Å². The van der Waals surface area contributed by atoms with Crippen LogP contribution in [0.1, 0.15) is 44.2 Å². The predicted molar refractivity (Wildman–Crippen MR) is 56.8 cm³/mol. The van der Waals surface area contributed by atoms with E-state index < -0.39 is 0 Å². The van der Waals surface area contributed by atoms with Crippen LogP contribution in [0.25, 0.3) is 0 Å². The highest BCUT2D eigenvalue weighted by atomic mass is 15.3. The molecule has 0 amide bonds. The van der Waals surface area contributed by atoms with E-state index in [1.807, 2.05) is 6.20 Å². The Balaban J connectivity index is 2.06. The Bertz CT molecular complexity index is 292. The summed E-state index contributed by atoms with van der Waals surface area (Å²) >= 11 is 0. The third-order valence-corrected chi connectivity index (χ3v) is 3.17. The second-order valence-electron chi connectivity index (χ2n) is 4.46. The van der Waals surface area contributed by atoms with Gasteiger partial charge in [0.15, 0.2) is 0 Å². The maximum Gasteiger partial charge on any atom is 0.0534 e. The van der Waals surface area contributed by atoms with Crippen molar-refractivity contribution in [1.82, 2.24) is 9.78 Å². The fourth-order valence-electron chi connectivity index (χ4n) is 2.32. The van der Waals surface area contributed by atoms with Gasteiger partial charge in [-0.3, -0.25) is 4.68 Å². The zero-order valence-electron chi connectivity index (χ0n) is 8.82. The molecule has 0 aromatic carbocycles. The first-order chi connectivity index (χ1) is 6.79. The van der Waals surface area contributed by atoms with E-state index in [1.54, 1.807) is 0 Å². The van der Waals surface area contributed by atoms with E-state index in [0.29, 0.717) is 12.6 Å². The molecule has 0 saturated heterocycles. The normalized spacial score (nSPS) is 27.9. The van der Waals surface area contributed by atoms with E-state index in [0.717, 1.165) is 11.5 Å². The van der Waals surface area contributed by atoms with Crippen molar-refractivity contribution < 1.29 is 0 Å². The molecule has 1 aliphatic rings. The lowest BCUT2D eigenvalue weighted by Crippen LogP contribution is -2.17. The lowest BCUT2D eigenvalue weighted by molar-refractivity contribution is 0.266. The lowest BCUT2D eigenvalue weighted by atomic mass is 9.87. The molecule has 2 rings (SSSR count). The highest BCUT2D eigenvalue weighted by Crippen LogP contribution is 2.31. The Morgan fingerprint density at radius 1 is 1.57 bits per heavy atom. The quantitative estimate of drug-likeness (QED) is 0.781. The third-order valence-electron chi connectivity index (χ3n) is 3.17. The zero-order chi connectivity index (χ0) is 9.97. The minimum atomic E-state index is 0.599. The molecule has 2 N–H and O–H groups in total. The van der Waals surface area contributed by atoms with Crippen LogP contribution in [-0.2, 0) is 6.54 Å². The number of nitrogens with two attached hydrogens (primary N) is 1. The minimum absolute atomic E-state index is 0.599. The second kappa shape index (κ2) is 4.13. The van der Waals surface area contributed by atoms with Crippen LogP contribution in [0.4, 0.5) is 0 Å². The molecule has 3 heteroatoms. The van der Waals surface area contributed by atoms with Gasteiger partial charge >= 0.3 is 0 Å². The summed E-state index contributed by atoms with van der Waals surface area (Å²) in [6.07, 6.45) is 9.24. The number of rotatable bonds is 2. The maximum absolute atomic E-state index is 5.57. The van der Waals surface area contributed by atoms with Gasteiger partial charge in [0.1, 0.15) is 0 Å². The van der Waals surface area contributed by atoms with Crippen LogP contribution in [0.3, 0.4) is 0 Å². The topological polar surface area (TPSA) is 43.8 Å². The van der Waals surface area contributed by atoms with E-state index in [4.69, 9.17) is 5.73 Å². The van der Waals surface area contributed by atoms with E-state index in [-0.39, 0.29) is 0 Å². The molecular weight excluding hydrogens is 174 g/mol. The summed E-state index contributed by atoms with van der Waals surface area (Å²) in [6, 6.07) is 0.610. The summed E-state index contributed by atoms with van der Waals surface area (Å²) < 4.78 is 2.11. The van der Waals surface area contributed by atoms with Crippen molar-refractivity contribution in [2.24, 2.45) is 11.7 Å². The van der Waals surface area contributed by atoms with Gasteiger partial charge in [0, 0.05) is 18.3 Å². The Hall–Kier alpha value is -0.830. The van der Waals surface area contributed by atoms with Gasteiger partial charge in [0.05, 0.1) is 12.2 Å². The van der Waals surface area contributed by atoms with Crippen molar-refractivity contribution in [2.75, 3.05) is 0 Å². The monoisotopic (exact) mass is 193 g/mol. The molecule has 1 aromatic rings. The van der Waals surface area contributed by atoms with Gasteiger partial charge in [-0.2, -0.15) is 5.10 Å². The Morgan fingerprint density at radius 3 is 3.07 bits per heavy atom. The number of nitrogens with zero attached hydrogens (tertiary/aromatic N) is 2. The molecule has 3 nitrogen and oxygen atoms in total.